The van der Waals surface area contributed by atoms with Gasteiger partial charge in [0.15, 0.2) is 6.10 Å². The first-order valence-electron chi connectivity index (χ1n) is 7.31. The number of amides is 1. The van der Waals surface area contributed by atoms with Crippen molar-refractivity contribution >= 4 is 5.91 Å². The van der Waals surface area contributed by atoms with Crippen LogP contribution in [0, 0.1) is 5.82 Å². The SMILES string of the molecule is CC[C@H](Oc1ccc(F)cc1)C(=O)N(C)Cc1ccccc1. The second-order valence-electron chi connectivity index (χ2n) is 5.15. The van der Waals surface area contributed by atoms with Gasteiger partial charge in [-0.15, -0.1) is 0 Å². The van der Waals surface area contributed by atoms with Crippen molar-refractivity contribution in [3.05, 3.63) is 66.0 Å². The molecule has 0 spiro atoms. The van der Waals surface area contributed by atoms with Gasteiger partial charge in [-0.1, -0.05) is 37.3 Å². The Kier molecular flexibility index (Phi) is 5.53. The molecule has 116 valence electrons. The molecule has 0 saturated heterocycles. The smallest absolute Gasteiger partial charge is 0.263 e. The first-order valence-corrected chi connectivity index (χ1v) is 7.31. The molecule has 22 heavy (non-hydrogen) atoms. The average Bonchev–Trinajstić information content (AvgIpc) is 2.54. The van der Waals surface area contributed by atoms with Crippen LogP contribution in [-0.2, 0) is 11.3 Å². The van der Waals surface area contributed by atoms with Gasteiger partial charge >= 0.3 is 0 Å². The largest absolute Gasteiger partial charge is 0.481 e. The van der Waals surface area contributed by atoms with Gasteiger partial charge in [-0.3, -0.25) is 4.79 Å². The molecular weight excluding hydrogens is 281 g/mol. The molecule has 4 heteroatoms. The van der Waals surface area contributed by atoms with Gasteiger partial charge in [-0.25, -0.2) is 4.39 Å². The van der Waals surface area contributed by atoms with E-state index >= 15 is 0 Å². The molecule has 2 aromatic rings. The summed E-state index contributed by atoms with van der Waals surface area (Å²) in [6.45, 7) is 2.42. The highest BCUT2D eigenvalue weighted by Gasteiger charge is 2.22. The number of carbonyl (C=O) groups is 1. The number of ether oxygens (including phenoxy) is 1. The summed E-state index contributed by atoms with van der Waals surface area (Å²) in [6.07, 6.45) is -0.0193. The fourth-order valence-corrected chi connectivity index (χ4v) is 2.17. The zero-order valence-electron chi connectivity index (χ0n) is 12.8. The molecule has 2 rings (SSSR count). The fourth-order valence-electron chi connectivity index (χ4n) is 2.17. The van der Waals surface area contributed by atoms with E-state index in [0.29, 0.717) is 18.7 Å². The summed E-state index contributed by atoms with van der Waals surface area (Å²) in [4.78, 5) is 14.1. The summed E-state index contributed by atoms with van der Waals surface area (Å²) >= 11 is 0. The van der Waals surface area contributed by atoms with Crippen molar-refractivity contribution in [2.75, 3.05) is 7.05 Å². The molecule has 1 atom stereocenters. The molecule has 2 aromatic carbocycles. The number of rotatable bonds is 6. The van der Waals surface area contributed by atoms with Crippen molar-refractivity contribution in [3.63, 3.8) is 0 Å². The highest BCUT2D eigenvalue weighted by Crippen LogP contribution is 2.16. The van der Waals surface area contributed by atoms with E-state index in [9.17, 15) is 9.18 Å². The minimum absolute atomic E-state index is 0.0873. The highest BCUT2D eigenvalue weighted by molar-refractivity contribution is 5.81. The van der Waals surface area contributed by atoms with Crippen LogP contribution in [0.15, 0.2) is 54.6 Å². The number of hydrogen-bond donors (Lipinski definition) is 0. The Bertz CT molecular complexity index is 598. The summed E-state index contributed by atoms with van der Waals surface area (Å²) in [6, 6.07) is 15.5. The maximum absolute atomic E-state index is 12.9. The number of hydrogen-bond acceptors (Lipinski definition) is 2. The number of halogens is 1. The molecule has 0 aliphatic rings. The summed E-state index contributed by atoms with van der Waals surface area (Å²) < 4.78 is 18.6. The van der Waals surface area contributed by atoms with Crippen LogP contribution in [0.3, 0.4) is 0 Å². The molecule has 0 aromatic heterocycles. The van der Waals surface area contributed by atoms with Crippen LogP contribution in [0.2, 0.25) is 0 Å². The monoisotopic (exact) mass is 301 g/mol. The minimum Gasteiger partial charge on any atom is -0.481 e. The quantitative estimate of drug-likeness (QED) is 0.815. The van der Waals surface area contributed by atoms with Gasteiger partial charge < -0.3 is 9.64 Å². The van der Waals surface area contributed by atoms with Crippen molar-refractivity contribution in [2.24, 2.45) is 0 Å². The van der Waals surface area contributed by atoms with Crippen LogP contribution in [0.5, 0.6) is 5.75 Å². The van der Waals surface area contributed by atoms with Gasteiger partial charge in [0.25, 0.3) is 5.91 Å². The van der Waals surface area contributed by atoms with Crippen LogP contribution >= 0.6 is 0 Å². The van der Waals surface area contributed by atoms with Crippen LogP contribution in [0.25, 0.3) is 0 Å². The molecule has 0 radical (unpaired) electrons. The molecule has 1 amide bonds. The third-order valence-corrected chi connectivity index (χ3v) is 3.38. The number of benzene rings is 2. The summed E-state index contributed by atoms with van der Waals surface area (Å²) in [5, 5.41) is 0. The van der Waals surface area contributed by atoms with Crippen molar-refractivity contribution in [3.8, 4) is 5.75 Å². The van der Waals surface area contributed by atoms with Crippen LogP contribution in [0.4, 0.5) is 4.39 Å². The van der Waals surface area contributed by atoms with Gasteiger partial charge in [0, 0.05) is 13.6 Å². The lowest BCUT2D eigenvalue weighted by atomic mass is 10.2. The van der Waals surface area contributed by atoms with Gasteiger partial charge in [-0.05, 0) is 36.2 Å². The van der Waals surface area contributed by atoms with E-state index in [1.54, 1.807) is 11.9 Å². The third kappa shape index (κ3) is 4.32. The Morgan fingerprint density at radius 1 is 1.14 bits per heavy atom. The third-order valence-electron chi connectivity index (χ3n) is 3.38. The highest BCUT2D eigenvalue weighted by atomic mass is 19.1. The van der Waals surface area contributed by atoms with Crippen molar-refractivity contribution < 1.29 is 13.9 Å². The average molecular weight is 301 g/mol. The van der Waals surface area contributed by atoms with E-state index in [1.807, 2.05) is 37.3 Å². The lowest BCUT2D eigenvalue weighted by molar-refractivity contribution is -0.138. The Balaban J connectivity index is 2.00. The summed E-state index contributed by atoms with van der Waals surface area (Å²) in [5.74, 6) is 0.0818. The molecule has 0 unspecified atom stereocenters. The van der Waals surface area contributed by atoms with E-state index in [4.69, 9.17) is 4.74 Å². The second-order valence-corrected chi connectivity index (χ2v) is 5.15. The summed E-state index contributed by atoms with van der Waals surface area (Å²) in [7, 11) is 1.76. The molecule has 0 aliphatic heterocycles. The van der Waals surface area contributed by atoms with Crippen molar-refractivity contribution in [1.82, 2.24) is 4.90 Å². The standard InChI is InChI=1S/C18H20FNO2/c1-3-17(22-16-11-9-15(19)10-12-16)18(21)20(2)13-14-7-5-4-6-8-14/h4-12,17H,3,13H2,1-2H3/t17-/m0/s1. The number of likely N-dealkylation sites (N-methyl/N-ethyl adjacent to an activating group) is 1. The Labute approximate surface area is 130 Å². The van der Waals surface area contributed by atoms with Crippen LogP contribution in [0.1, 0.15) is 18.9 Å². The van der Waals surface area contributed by atoms with Gasteiger partial charge in [0.1, 0.15) is 11.6 Å². The Morgan fingerprint density at radius 3 is 2.36 bits per heavy atom. The zero-order chi connectivity index (χ0) is 15.9. The molecule has 0 aliphatic carbocycles. The second kappa shape index (κ2) is 7.59. The fraction of sp³-hybridized carbons (Fsp3) is 0.278. The van der Waals surface area contributed by atoms with E-state index in [2.05, 4.69) is 0 Å². The van der Waals surface area contributed by atoms with Gasteiger partial charge in [0.05, 0.1) is 0 Å². The lowest BCUT2D eigenvalue weighted by Gasteiger charge is -2.24. The predicted molar refractivity (Wildman–Crippen MR) is 84.0 cm³/mol. The Morgan fingerprint density at radius 2 is 1.77 bits per heavy atom. The number of nitrogens with zero attached hydrogens (tertiary/aromatic N) is 1. The van der Waals surface area contributed by atoms with Gasteiger partial charge in [0.2, 0.25) is 0 Å². The van der Waals surface area contributed by atoms with Gasteiger partial charge in [-0.2, -0.15) is 0 Å². The molecule has 0 N–H and O–H groups in total. The molecule has 0 heterocycles. The maximum atomic E-state index is 12.9. The van der Waals surface area contributed by atoms with Crippen molar-refractivity contribution in [1.29, 1.82) is 0 Å². The molecular formula is C18H20FNO2. The van der Waals surface area contributed by atoms with E-state index in [0.717, 1.165) is 5.56 Å². The van der Waals surface area contributed by atoms with Crippen molar-refractivity contribution in [2.45, 2.75) is 26.0 Å². The maximum Gasteiger partial charge on any atom is 0.263 e. The molecule has 0 fully saturated rings. The minimum atomic E-state index is -0.570. The first-order chi connectivity index (χ1) is 10.6. The predicted octanol–water partition coefficient (Wildman–Crippen LogP) is 3.64. The van der Waals surface area contributed by atoms with Crippen LogP contribution in [-0.4, -0.2) is 24.0 Å². The van der Waals surface area contributed by atoms with Crippen LogP contribution < -0.4 is 4.74 Å². The molecule has 0 saturated carbocycles. The molecule has 3 nitrogen and oxygen atoms in total. The normalized spacial score (nSPS) is 11.8. The Hall–Kier alpha value is -2.36. The topological polar surface area (TPSA) is 29.5 Å². The van der Waals surface area contributed by atoms with E-state index in [-0.39, 0.29) is 11.7 Å². The van der Waals surface area contributed by atoms with E-state index in [1.165, 1.54) is 24.3 Å². The number of carbonyl (C=O) groups excluding carboxylic acids is 1. The lowest BCUT2D eigenvalue weighted by Crippen LogP contribution is -2.39. The zero-order valence-corrected chi connectivity index (χ0v) is 12.8. The summed E-state index contributed by atoms with van der Waals surface area (Å²) in [5.41, 5.74) is 1.06. The first kappa shape index (κ1) is 16.0. The molecule has 0 bridgehead atoms. The van der Waals surface area contributed by atoms with E-state index < -0.39 is 6.10 Å².